The Morgan fingerprint density at radius 2 is 1.86 bits per heavy atom. The molecule has 1 aromatic carbocycles. The van der Waals surface area contributed by atoms with Gasteiger partial charge in [0.15, 0.2) is 0 Å². The molecule has 2 N–H and O–H groups in total. The summed E-state index contributed by atoms with van der Waals surface area (Å²) in [7, 11) is 0. The first-order valence-electron chi connectivity index (χ1n) is 10.0. The fourth-order valence-corrected chi connectivity index (χ4v) is 3.81. The van der Waals surface area contributed by atoms with E-state index in [-0.39, 0.29) is 6.09 Å². The number of nitrogens with one attached hydrogen (secondary N) is 2. The van der Waals surface area contributed by atoms with Crippen LogP contribution in [0.5, 0.6) is 0 Å². The Morgan fingerprint density at radius 1 is 1.18 bits per heavy atom. The van der Waals surface area contributed by atoms with Gasteiger partial charge in [0.1, 0.15) is 11.4 Å². The number of aryl methyl sites for hydroxylation is 1. The normalized spacial score (nSPS) is 20.0. The summed E-state index contributed by atoms with van der Waals surface area (Å²) >= 11 is 6.43. The van der Waals surface area contributed by atoms with Crippen LogP contribution in [-0.4, -0.2) is 29.3 Å². The van der Waals surface area contributed by atoms with Crippen molar-refractivity contribution in [1.29, 1.82) is 0 Å². The summed E-state index contributed by atoms with van der Waals surface area (Å²) in [5.41, 5.74) is 1.43. The van der Waals surface area contributed by atoms with Crippen LogP contribution in [0.25, 0.3) is 10.9 Å². The molecule has 6 heteroatoms. The number of amides is 1. The van der Waals surface area contributed by atoms with Crippen LogP contribution in [0.2, 0.25) is 5.02 Å². The zero-order chi connectivity index (χ0) is 20.3. The van der Waals surface area contributed by atoms with Crippen molar-refractivity contribution in [3.05, 3.63) is 34.9 Å². The maximum atomic E-state index is 11.8. The third kappa shape index (κ3) is 5.51. The Morgan fingerprint density at radius 3 is 2.54 bits per heavy atom. The van der Waals surface area contributed by atoms with Gasteiger partial charge >= 0.3 is 6.09 Å². The van der Waals surface area contributed by atoms with Gasteiger partial charge in [0.2, 0.25) is 0 Å². The quantitative estimate of drug-likeness (QED) is 0.688. The highest BCUT2D eigenvalue weighted by Crippen LogP contribution is 2.29. The fourth-order valence-electron chi connectivity index (χ4n) is 3.60. The van der Waals surface area contributed by atoms with E-state index in [9.17, 15) is 4.79 Å². The molecule has 0 saturated heterocycles. The Kier molecular flexibility index (Phi) is 6.33. The number of pyridine rings is 1. The molecular weight excluding hydrogens is 374 g/mol. The van der Waals surface area contributed by atoms with Gasteiger partial charge in [-0.05, 0) is 77.0 Å². The smallest absolute Gasteiger partial charge is 0.407 e. The monoisotopic (exact) mass is 403 g/mol. The standard InChI is InChI=1S/C22H30ClN3O2/c1-14-5-8-16-9-12-18(26-20(16)19(14)23)25-17-10-6-15(7-11-17)13-24-21(27)28-22(2,3)4/h5,8-9,12,15,17H,6-7,10-11,13H2,1-4H3,(H,24,27)(H,25,26)/t15-,17-. The highest BCUT2D eigenvalue weighted by Gasteiger charge is 2.23. The van der Waals surface area contributed by atoms with Gasteiger partial charge in [0, 0.05) is 18.0 Å². The van der Waals surface area contributed by atoms with Crippen LogP contribution >= 0.6 is 11.6 Å². The molecule has 0 radical (unpaired) electrons. The minimum atomic E-state index is -0.458. The van der Waals surface area contributed by atoms with Gasteiger partial charge < -0.3 is 15.4 Å². The summed E-state index contributed by atoms with van der Waals surface area (Å²) < 4.78 is 5.30. The summed E-state index contributed by atoms with van der Waals surface area (Å²) in [5.74, 6) is 1.36. The van der Waals surface area contributed by atoms with Crippen molar-refractivity contribution in [2.24, 2.45) is 5.92 Å². The molecule has 0 spiro atoms. The topological polar surface area (TPSA) is 63.2 Å². The Hall–Kier alpha value is -2.01. The van der Waals surface area contributed by atoms with Crippen molar-refractivity contribution in [3.63, 3.8) is 0 Å². The maximum absolute atomic E-state index is 11.8. The highest BCUT2D eigenvalue weighted by molar-refractivity contribution is 6.35. The van der Waals surface area contributed by atoms with Crippen molar-refractivity contribution in [2.75, 3.05) is 11.9 Å². The molecule has 1 heterocycles. The zero-order valence-electron chi connectivity index (χ0n) is 17.1. The number of ether oxygens (including phenoxy) is 1. The molecule has 2 aromatic rings. The van der Waals surface area contributed by atoms with E-state index in [1.807, 2.05) is 39.8 Å². The highest BCUT2D eigenvalue weighted by atomic mass is 35.5. The first-order chi connectivity index (χ1) is 13.2. The molecule has 0 bridgehead atoms. The lowest BCUT2D eigenvalue weighted by Gasteiger charge is -2.30. The van der Waals surface area contributed by atoms with Gasteiger partial charge in [-0.25, -0.2) is 9.78 Å². The molecule has 1 aliphatic rings. The number of rotatable bonds is 4. The predicted molar refractivity (Wildman–Crippen MR) is 115 cm³/mol. The second-order valence-corrected chi connectivity index (χ2v) is 9.09. The van der Waals surface area contributed by atoms with Crippen molar-refractivity contribution in [1.82, 2.24) is 10.3 Å². The number of benzene rings is 1. The molecule has 1 fully saturated rings. The average molecular weight is 404 g/mol. The summed E-state index contributed by atoms with van der Waals surface area (Å²) in [4.78, 5) is 16.5. The van der Waals surface area contributed by atoms with Crippen LogP contribution in [0.3, 0.4) is 0 Å². The van der Waals surface area contributed by atoms with E-state index in [0.717, 1.165) is 53.0 Å². The third-order valence-corrected chi connectivity index (χ3v) is 5.60. The van der Waals surface area contributed by atoms with Crippen molar-refractivity contribution < 1.29 is 9.53 Å². The fraction of sp³-hybridized carbons (Fsp3) is 0.545. The second kappa shape index (κ2) is 8.56. The molecule has 0 aliphatic heterocycles. The van der Waals surface area contributed by atoms with E-state index in [1.165, 1.54) is 0 Å². The molecule has 152 valence electrons. The van der Waals surface area contributed by atoms with E-state index in [0.29, 0.717) is 18.5 Å². The number of alkyl carbamates (subject to hydrolysis) is 1. The van der Waals surface area contributed by atoms with E-state index >= 15 is 0 Å². The van der Waals surface area contributed by atoms with Crippen LogP contribution in [0.1, 0.15) is 52.0 Å². The van der Waals surface area contributed by atoms with Gasteiger partial charge in [-0.3, -0.25) is 0 Å². The molecule has 28 heavy (non-hydrogen) atoms. The predicted octanol–water partition coefficient (Wildman–Crippen LogP) is 5.69. The number of hydrogen-bond donors (Lipinski definition) is 2. The van der Waals surface area contributed by atoms with Crippen molar-refractivity contribution in [2.45, 2.75) is 65.0 Å². The van der Waals surface area contributed by atoms with E-state index < -0.39 is 5.60 Å². The van der Waals surface area contributed by atoms with Gasteiger partial charge in [0.05, 0.1) is 10.5 Å². The van der Waals surface area contributed by atoms with E-state index in [1.54, 1.807) is 0 Å². The SMILES string of the molecule is Cc1ccc2ccc(N[C@H]3CC[C@H](CNC(=O)OC(C)(C)C)CC3)nc2c1Cl. The summed E-state index contributed by atoms with van der Waals surface area (Å²) in [6.07, 6.45) is 3.92. The Bertz CT molecular complexity index is 840. The van der Waals surface area contributed by atoms with Gasteiger partial charge in [-0.15, -0.1) is 0 Å². The first kappa shape index (κ1) is 20.7. The van der Waals surface area contributed by atoms with Crippen LogP contribution in [0, 0.1) is 12.8 Å². The summed E-state index contributed by atoms with van der Waals surface area (Å²) in [6, 6.07) is 8.55. The van der Waals surface area contributed by atoms with Crippen molar-refractivity contribution in [3.8, 4) is 0 Å². The number of nitrogens with zero attached hydrogens (tertiary/aromatic N) is 1. The van der Waals surface area contributed by atoms with E-state index in [4.69, 9.17) is 21.3 Å². The number of carbonyl (C=O) groups excluding carboxylic acids is 1. The number of carbonyl (C=O) groups is 1. The third-order valence-electron chi connectivity index (χ3n) is 5.13. The second-order valence-electron chi connectivity index (χ2n) is 8.71. The van der Waals surface area contributed by atoms with Gasteiger partial charge in [0.25, 0.3) is 0 Å². The molecular formula is C22H30ClN3O2. The number of anilines is 1. The zero-order valence-corrected chi connectivity index (χ0v) is 17.9. The van der Waals surface area contributed by atoms with Gasteiger partial charge in [-0.2, -0.15) is 0 Å². The Labute approximate surface area is 172 Å². The summed E-state index contributed by atoms with van der Waals surface area (Å²) in [5, 5.41) is 8.23. The molecule has 5 nitrogen and oxygen atoms in total. The van der Waals surface area contributed by atoms with Crippen molar-refractivity contribution >= 4 is 34.4 Å². The molecule has 3 rings (SSSR count). The van der Waals surface area contributed by atoms with Crippen LogP contribution in [0.15, 0.2) is 24.3 Å². The lowest BCUT2D eigenvalue weighted by molar-refractivity contribution is 0.0515. The molecule has 0 atom stereocenters. The number of hydrogen-bond acceptors (Lipinski definition) is 4. The van der Waals surface area contributed by atoms with Gasteiger partial charge in [-0.1, -0.05) is 23.7 Å². The van der Waals surface area contributed by atoms with E-state index in [2.05, 4.69) is 22.8 Å². The van der Waals surface area contributed by atoms with Crippen LogP contribution in [-0.2, 0) is 4.74 Å². The number of halogens is 1. The molecule has 1 saturated carbocycles. The maximum Gasteiger partial charge on any atom is 0.407 e. The number of fused-ring (bicyclic) bond motifs is 1. The van der Waals surface area contributed by atoms with Crippen LogP contribution < -0.4 is 10.6 Å². The molecule has 1 aromatic heterocycles. The largest absolute Gasteiger partial charge is 0.444 e. The minimum absolute atomic E-state index is 0.333. The first-order valence-corrected chi connectivity index (χ1v) is 10.4. The molecule has 1 amide bonds. The lowest BCUT2D eigenvalue weighted by atomic mass is 9.86. The van der Waals surface area contributed by atoms with Crippen LogP contribution in [0.4, 0.5) is 10.6 Å². The number of aromatic nitrogens is 1. The lowest BCUT2D eigenvalue weighted by Crippen LogP contribution is -2.37. The molecule has 0 unspecified atom stereocenters. The summed E-state index contributed by atoms with van der Waals surface area (Å²) in [6.45, 7) is 8.29. The Balaban J connectivity index is 1.50. The molecule has 1 aliphatic carbocycles. The average Bonchev–Trinajstić information content (AvgIpc) is 2.63. The minimum Gasteiger partial charge on any atom is -0.444 e.